The Morgan fingerprint density at radius 2 is 1.96 bits per heavy atom. The maximum absolute atomic E-state index is 12.4. The second kappa shape index (κ2) is 10.1. The summed E-state index contributed by atoms with van der Waals surface area (Å²) in [5.41, 5.74) is 0.805. The molecule has 4 nitrogen and oxygen atoms in total. The molecule has 1 atom stereocenters. The standard InChI is InChI=1S/C18H27F2NO3/c1-5-7-13(3)10-17(22)21(4)12-14-8-9-15(24-18(19)20)16(11-14)23-6-2/h8-9,11,13,18H,5-7,10,12H2,1-4H3. The largest absolute Gasteiger partial charge is 0.490 e. The number of halogens is 2. The molecule has 1 aromatic carbocycles. The lowest BCUT2D eigenvalue weighted by atomic mass is 10.0. The van der Waals surface area contributed by atoms with E-state index < -0.39 is 6.61 Å². The Labute approximate surface area is 142 Å². The molecule has 0 aliphatic carbocycles. The zero-order valence-electron chi connectivity index (χ0n) is 14.9. The molecule has 0 heterocycles. The lowest BCUT2D eigenvalue weighted by molar-refractivity contribution is -0.131. The van der Waals surface area contributed by atoms with Crippen LogP contribution < -0.4 is 9.47 Å². The van der Waals surface area contributed by atoms with Gasteiger partial charge in [0, 0.05) is 20.0 Å². The maximum Gasteiger partial charge on any atom is 0.387 e. The Kier molecular flexibility index (Phi) is 8.50. The summed E-state index contributed by atoms with van der Waals surface area (Å²) in [5.74, 6) is 0.684. The Balaban J connectivity index is 2.75. The van der Waals surface area contributed by atoms with Gasteiger partial charge >= 0.3 is 6.61 Å². The lowest BCUT2D eigenvalue weighted by Gasteiger charge is -2.20. The highest BCUT2D eigenvalue weighted by atomic mass is 19.3. The number of hydrogen-bond donors (Lipinski definition) is 0. The summed E-state index contributed by atoms with van der Waals surface area (Å²) in [6.45, 7) is 3.77. The zero-order chi connectivity index (χ0) is 18.1. The minimum absolute atomic E-state index is 0.00106. The van der Waals surface area contributed by atoms with Crippen molar-refractivity contribution in [2.45, 2.75) is 53.2 Å². The molecule has 1 rings (SSSR count). The molecule has 6 heteroatoms. The van der Waals surface area contributed by atoms with Crippen LogP contribution in [0.1, 0.15) is 45.6 Å². The second-order valence-corrected chi connectivity index (χ2v) is 5.94. The molecule has 0 saturated heterocycles. The third-order valence-electron chi connectivity index (χ3n) is 3.67. The van der Waals surface area contributed by atoms with Gasteiger partial charge in [-0.05, 0) is 30.5 Å². The number of nitrogens with zero attached hydrogens (tertiary/aromatic N) is 1. The van der Waals surface area contributed by atoms with Gasteiger partial charge in [-0.25, -0.2) is 0 Å². The first kappa shape index (κ1) is 20.2. The van der Waals surface area contributed by atoms with Crippen molar-refractivity contribution in [1.29, 1.82) is 0 Å². The molecule has 0 aliphatic heterocycles. The van der Waals surface area contributed by atoms with E-state index in [1.807, 2.05) is 0 Å². The van der Waals surface area contributed by atoms with E-state index in [-0.39, 0.29) is 17.4 Å². The summed E-state index contributed by atoms with van der Waals surface area (Å²) in [6, 6.07) is 4.75. The number of carbonyl (C=O) groups excluding carboxylic acids is 1. The molecule has 0 aromatic heterocycles. The molecule has 0 bridgehead atoms. The Morgan fingerprint density at radius 3 is 2.54 bits per heavy atom. The minimum atomic E-state index is -2.90. The van der Waals surface area contributed by atoms with Gasteiger partial charge in [-0.2, -0.15) is 8.78 Å². The van der Waals surface area contributed by atoms with Crippen LogP contribution in [0.4, 0.5) is 8.78 Å². The van der Waals surface area contributed by atoms with Crippen LogP contribution in [0.15, 0.2) is 18.2 Å². The smallest absolute Gasteiger partial charge is 0.387 e. The number of carbonyl (C=O) groups is 1. The van der Waals surface area contributed by atoms with Crippen molar-refractivity contribution in [2.75, 3.05) is 13.7 Å². The topological polar surface area (TPSA) is 38.8 Å². The number of hydrogen-bond acceptors (Lipinski definition) is 3. The summed E-state index contributed by atoms with van der Waals surface area (Å²) in [6.07, 6.45) is 2.59. The van der Waals surface area contributed by atoms with Gasteiger partial charge in [-0.1, -0.05) is 32.8 Å². The molecule has 0 spiro atoms. The monoisotopic (exact) mass is 343 g/mol. The fraction of sp³-hybridized carbons (Fsp3) is 0.611. The van der Waals surface area contributed by atoms with Crippen molar-refractivity contribution in [1.82, 2.24) is 4.90 Å². The summed E-state index contributed by atoms with van der Waals surface area (Å²) >= 11 is 0. The molecule has 136 valence electrons. The third kappa shape index (κ3) is 6.72. The quantitative estimate of drug-likeness (QED) is 0.629. The van der Waals surface area contributed by atoms with Crippen LogP contribution in [0.3, 0.4) is 0 Å². The maximum atomic E-state index is 12.4. The van der Waals surface area contributed by atoms with Gasteiger partial charge in [0.25, 0.3) is 0 Å². The van der Waals surface area contributed by atoms with Crippen molar-refractivity contribution >= 4 is 5.91 Å². The van der Waals surface area contributed by atoms with Crippen molar-refractivity contribution in [3.05, 3.63) is 23.8 Å². The normalized spacial score (nSPS) is 12.1. The van der Waals surface area contributed by atoms with Crippen LogP contribution >= 0.6 is 0 Å². The van der Waals surface area contributed by atoms with E-state index in [9.17, 15) is 13.6 Å². The number of benzene rings is 1. The molecule has 0 N–H and O–H groups in total. The van der Waals surface area contributed by atoms with E-state index in [0.29, 0.717) is 25.5 Å². The predicted molar refractivity (Wildman–Crippen MR) is 89.4 cm³/mol. The third-order valence-corrected chi connectivity index (χ3v) is 3.67. The average molecular weight is 343 g/mol. The number of ether oxygens (including phenoxy) is 2. The molecule has 1 amide bonds. The lowest BCUT2D eigenvalue weighted by Crippen LogP contribution is -2.27. The van der Waals surface area contributed by atoms with Gasteiger partial charge in [0.1, 0.15) is 0 Å². The first-order valence-electron chi connectivity index (χ1n) is 8.31. The first-order valence-corrected chi connectivity index (χ1v) is 8.31. The van der Waals surface area contributed by atoms with E-state index >= 15 is 0 Å². The van der Waals surface area contributed by atoms with Gasteiger partial charge in [0.05, 0.1) is 6.61 Å². The van der Waals surface area contributed by atoms with Crippen LogP contribution in [0.2, 0.25) is 0 Å². The van der Waals surface area contributed by atoms with Crippen LogP contribution in [-0.2, 0) is 11.3 Å². The van der Waals surface area contributed by atoms with Crippen LogP contribution in [0.5, 0.6) is 11.5 Å². The van der Waals surface area contributed by atoms with Crippen molar-refractivity contribution < 1.29 is 23.0 Å². The van der Waals surface area contributed by atoms with E-state index in [4.69, 9.17) is 4.74 Å². The van der Waals surface area contributed by atoms with Crippen LogP contribution in [-0.4, -0.2) is 31.1 Å². The molecule has 1 unspecified atom stereocenters. The van der Waals surface area contributed by atoms with E-state index in [0.717, 1.165) is 18.4 Å². The Hall–Kier alpha value is -1.85. The SMILES string of the molecule is CCCC(C)CC(=O)N(C)Cc1ccc(OC(F)F)c(OCC)c1. The molecule has 0 fully saturated rings. The first-order chi connectivity index (χ1) is 11.4. The average Bonchev–Trinajstić information content (AvgIpc) is 2.49. The molecule has 1 aromatic rings. The minimum Gasteiger partial charge on any atom is -0.490 e. The highest BCUT2D eigenvalue weighted by Crippen LogP contribution is 2.30. The van der Waals surface area contributed by atoms with Crippen molar-refractivity contribution in [3.63, 3.8) is 0 Å². The van der Waals surface area contributed by atoms with Crippen LogP contribution in [0.25, 0.3) is 0 Å². The number of amides is 1. The number of rotatable bonds is 10. The predicted octanol–water partition coefficient (Wildman–Crippen LogP) is 4.47. The molecule has 0 radical (unpaired) electrons. The Morgan fingerprint density at radius 1 is 1.25 bits per heavy atom. The fourth-order valence-corrected chi connectivity index (χ4v) is 2.52. The van der Waals surface area contributed by atoms with Crippen molar-refractivity contribution in [2.24, 2.45) is 5.92 Å². The van der Waals surface area contributed by atoms with E-state index in [1.54, 1.807) is 31.0 Å². The molecular formula is C18H27F2NO3. The van der Waals surface area contributed by atoms with Gasteiger partial charge < -0.3 is 14.4 Å². The molecule has 0 aliphatic rings. The van der Waals surface area contributed by atoms with Crippen molar-refractivity contribution in [3.8, 4) is 11.5 Å². The highest BCUT2D eigenvalue weighted by molar-refractivity contribution is 5.76. The molecule has 24 heavy (non-hydrogen) atoms. The Bertz CT molecular complexity index is 523. The summed E-state index contributed by atoms with van der Waals surface area (Å²) in [4.78, 5) is 13.9. The molecule has 0 saturated carbocycles. The van der Waals surface area contributed by atoms with Gasteiger partial charge in [0.2, 0.25) is 5.91 Å². The van der Waals surface area contributed by atoms with Gasteiger partial charge in [-0.3, -0.25) is 4.79 Å². The summed E-state index contributed by atoms with van der Waals surface area (Å²) in [5, 5.41) is 0. The van der Waals surface area contributed by atoms with Gasteiger partial charge in [0.15, 0.2) is 11.5 Å². The number of alkyl halides is 2. The van der Waals surface area contributed by atoms with Gasteiger partial charge in [-0.15, -0.1) is 0 Å². The van der Waals surface area contributed by atoms with Crippen LogP contribution in [0, 0.1) is 5.92 Å². The summed E-state index contributed by atoms with van der Waals surface area (Å²) in [7, 11) is 1.74. The van der Waals surface area contributed by atoms with E-state index in [2.05, 4.69) is 18.6 Å². The highest BCUT2D eigenvalue weighted by Gasteiger charge is 2.15. The molecular weight excluding hydrogens is 316 g/mol. The fourth-order valence-electron chi connectivity index (χ4n) is 2.52. The second-order valence-electron chi connectivity index (χ2n) is 5.94. The summed E-state index contributed by atoms with van der Waals surface area (Å²) < 4.78 is 34.6. The zero-order valence-corrected chi connectivity index (χ0v) is 14.9. The van der Waals surface area contributed by atoms with E-state index in [1.165, 1.54) is 6.07 Å².